The number of para-hydroxylation sites is 4. The molecule has 5 aromatic carbocycles. The molecule has 1 aromatic heterocycles. The number of rotatable bonds is 10. The summed E-state index contributed by atoms with van der Waals surface area (Å²) in [4.78, 5) is 2.33. The highest BCUT2D eigenvalue weighted by atomic mass is 15.2. The van der Waals surface area contributed by atoms with Gasteiger partial charge >= 0.3 is 0 Å². The topological polar surface area (TPSA) is 12.0 Å². The molecule has 0 unspecified atom stereocenters. The van der Waals surface area contributed by atoms with E-state index in [4.69, 9.17) is 0 Å². The van der Waals surface area contributed by atoms with E-state index in [1.807, 2.05) is 0 Å². The maximum Gasteiger partial charge on any atom is 0.299 e. The molecule has 0 bridgehead atoms. The summed E-state index contributed by atoms with van der Waals surface area (Å²) in [6, 6.07) is 44.1. The molecular weight excluding hydrogens is 583 g/mol. The van der Waals surface area contributed by atoms with E-state index < -0.39 is 0 Å². The largest absolute Gasteiger partial charge is 0.311 e. The molecule has 0 aliphatic carbocycles. The van der Waals surface area contributed by atoms with Crippen LogP contribution in [0.25, 0.3) is 22.8 Å². The van der Waals surface area contributed by atoms with Gasteiger partial charge in [0.1, 0.15) is 23.8 Å². The van der Waals surface area contributed by atoms with Crippen LogP contribution in [-0.2, 0) is 0 Å². The van der Waals surface area contributed by atoms with Crippen molar-refractivity contribution in [2.45, 2.75) is 79.1 Å². The van der Waals surface area contributed by atoms with Crippen LogP contribution in [0.4, 0.5) is 17.1 Å². The average Bonchev–Trinajstić information content (AvgIpc) is 3.53. The highest BCUT2D eigenvalue weighted by molar-refractivity contribution is 5.77. The fraction of sp³-hybridized carbons (Fsp3) is 0.267. The van der Waals surface area contributed by atoms with Crippen LogP contribution in [0.5, 0.6) is 0 Å². The van der Waals surface area contributed by atoms with Crippen molar-refractivity contribution >= 4 is 17.1 Å². The quantitative estimate of drug-likeness (QED) is 0.137. The number of nitrogens with zero attached hydrogens (tertiary/aromatic N) is 3. The van der Waals surface area contributed by atoms with Gasteiger partial charge in [-0.15, -0.1) is 0 Å². The molecule has 3 nitrogen and oxygen atoms in total. The number of anilines is 3. The van der Waals surface area contributed by atoms with Crippen LogP contribution in [0.2, 0.25) is 0 Å². The van der Waals surface area contributed by atoms with Gasteiger partial charge in [0.2, 0.25) is 0 Å². The fourth-order valence-corrected chi connectivity index (χ4v) is 6.97. The highest BCUT2D eigenvalue weighted by Gasteiger charge is 2.31. The van der Waals surface area contributed by atoms with E-state index in [2.05, 4.69) is 203 Å². The molecule has 0 spiro atoms. The van der Waals surface area contributed by atoms with Crippen LogP contribution >= 0.6 is 0 Å². The third-order valence-electron chi connectivity index (χ3n) is 9.40. The smallest absolute Gasteiger partial charge is 0.299 e. The molecule has 244 valence electrons. The molecule has 0 aliphatic heterocycles. The summed E-state index contributed by atoms with van der Waals surface area (Å²) in [5.41, 5.74) is 12.6. The van der Waals surface area contributed by atoms with Gasteiger partial charge in [0.25, 0.3) is 5.82 Å². The van der Waals surface area contributed by atoms with Crippen molar-refractivity contribution in [2.24, 2.45) is 0 Å². The third kappa shape index (κ3) is 6.34. The van der Waals surface area contributed by atoms with E-state index in [1.54, 1.807) is 0 Å². The number of benzene rings is 5. The predicted octanol–water partition coefficient (Wildman–Crippen LogP) is 12.4. The Morgan fingerprint density at radius 1 is 0.458 bits per heavy atom. The van der Waals surface area contributed by atoms with Gasteiger partial charge in [-0.3, -0.25) is 0 Å². The Morgan fingerprint density at radius 3 is 1.31 bits per heavy atom. The number of hydrogen-bond acceptors (Lipinski definition) is 1. The summed E-state index contributed by atoms with van der Waals surface area (Å²) in [6.45, 7) is 18.5. The molecule has 0 radical (unpaired) electrons. The summed E-state index contributed by atoms with van der Waals surface area (Å²) >= 11 is 0. The zero-order chi connectivity index (χ0) is 33.9. The second-order valence-corrected chi connectivity index (χ2v) is 14.1. The molecular formula is C45H50N3+. The first-order valence-electron chi connectivity index (χ1n) is 17.6. The van der Waals surface area contributed by atoms with E-state index in [0.717, 1.165) is 22.9 Å². The second-order valence-electron chi connectivity index (χ2n) is 14.1. The Balaban J connectivity index is 1.63. The van der Waals surface area contributed by atoms with E-state index in [9.17, 15) is 0 Å². The van der Waals surface area contributed by atoms with Crippen molar-refractivity contribution in [3.8, 4) is 22.8 Å². The summed E-state index contributed by atoms with van der Waals surface area (Å²) < 4.78 is 4.93. The zero-order valence-electron chi connectivity index (χ0n) is 29.9. The minimum atomic E-state index is 0.379. The Morgan fingerprint density at radius 2 is 0.875 bits per heavy atom. The van der Waals surface area contributed by atoms with Crippen LogP contribution in [0.3, 0.4) is 0 Å². The lowest BCUT2D eigenvalue weighted by molar-refractivity contribution is -0.584. The zero-order valence-corrected chi connectivity index (χ0v) is 29.9. The first kappa shape index (κ1) is 33.0. The van der Waals surface area contributed by atoms with Crippen LogP contribution in [0.15, 0.2) is 134 Å². The minimum Gasteiger partial charge on any atom is -0.311 e. The second kappa shape index (κ2) is 14.1. The first-order chi connectivity index (χ1) is 23.2. The van der Waals surface area contributed by atoms with Crippen LogP contribution in [0, 0.1) is 0 Å². The standard InChI is InChI=1S/C45H50N3/c1-31(2)39-21-15-22-40(32(3)4)43(39)46-29-30-47(44-41(33(5)6)23-16-24-42(44)34(7)8)45(46)35-25-27-38(28-26-35)48(36-17-11-9-12-18-36)37-19-13-10-14-20-37/h9-34H,1-8H3/q+1. The van der Waals surface area contributed by atoms with E-state index in [-0.39, 0.29) is 0 Å². The minimum absolute atomic E-state index is 0.379. The summed E-state index contributed by atoms with van der Waals surface area (Å²) in [5.74, 6) is 2.68. The van der Waals surface area contributed by atoms with Gasteiger partial charge in [0.05, 0.1) is 5.56 Å². The monoisotopic (exact) mass is 632 g/mol. The fourth-order valence-electron chi connectivity index (χ4n) is 6.97. The Labute approximate surface area is 288 Å². The van der Waals surface area contributed by atoms with Gasteiger partial charge in [0.15, 0.2) is 0 Å². The molecule has 6 aromatic rings. The molecule has 0 atom stereocenters. The van der Waals surface area contributed by atoms with Gasteiger partial charge in [0, 0.05) is 39.3 Å². The third-order valence-corrected chi connectivity index (χ3v) is 9.40. The molecule has 6 rings (SSSR count). The Bertz CT molecular complexity index is 1790. The Hall–Kier alpha value is -4.89. The molecule has 0 N–H and O–H groups in total. The summed E-state index contributed by atoms with van der Waals surface area (Å²) in [7, 11) is 0. The summed E-state index contributed by atoms with van der Waals surface area (Å²) in [6.07, 6.45) is 4.58. The molecule has 3 heteroatoms. The van der Waals surface area contributed by atoms with Crippen LogP contribution in [0.1, 0.15) is 101 Å². The maximum absolute atomic E-state index is 2.47. The molecule has 0 saturated carbocycles. The van der Waals surface area contributed by atoms with Gasteiger partial charge in [-0.1, -0.05) is 128 Å². The Kier molecular flexibility index (Phi) is 9.68. The van der Waals surface area contributed by atoms with Gasteiger partial charge in [-0.25, -0.2) is 0 Å². The van der Waals surface area contributed by atoms with Crippen molar-refractivity contribution in [1.82, 2.24) is 4.57 Å². The SMILES string of the molecule is CC(C)c1cccc(C(C)C)c1-n1cc[n+](-c2c(C(C)C)cccc2C(C)C)c1-c1ccc(N(c2ccccc2)c2ccccc2)cc1. The van der Waals surface area contributed by atoms with Gasteiger partial charge in [-0.05, 0) is 72.2 Å². The summed E-state index contributed by atoms with van der Waals surface area (Å²) in [5, 5.41) is 0. The number of aromatic nitrogens is 2. The molecule has 0 amide bonds. The van der Waals surface area contributed by atoms with Gasteiger partial charge < -0.3 is 4.90 Å². The lowest BCUT2D eigenvalue weighted by Gasteiger charge is -2.25. The number of imidazole rings is 1. The maximum atomic E-state index is 2.47. The number of hydrogen-bond donors (Lipinski definition) is 0. The van der Waals surface area contributed by atoms with Gasteiger partial charge in [-0.2, -0.15) is 9.13 Å². The molecule has 48 heavy (non-hydrogen) atoms. The molecule has 0 aliphatic rings. The van der Waals surface area contributed by atoms with E-state index >= 15 is 0 Å². The predicted molar refractivity (Wildman–Crippen MR) is 204 cm³/mol. The van der Waals surface area contributed by atoms with Crippen molar-refractivity contribution in [2.75, 3.05) is 4.90 Å². The molecule has 0 saturated heterocycles. The first-order valence-corrected chi connectivity index (χ1v) is 17.6. The molecule has 1 heterocycles. The van der Waals surface area contributed by atoms with E-state index in [0.29, 0.717) is 23.7 Å². The lowest BCUT2D eigenvalue weighted by Crippen LogP contribution is -2.35. The molecule has 0 fully saturated rings. The van der Waals surface area contributed by atoms with Crippen LogP contribution < -0.4 is 9.47 Å². The average molecular weight is 633 g/mol. The van der Waals surface area contributed by atoms with Crippen molar-refractivity contribution in [3.05, 3.63) is 156 Å². The lowest BCUT2D eigenvalue weighted by atomic mass is 9.92. The highest BCUT2D eigenvalue weighted by Crippen LogP contribution is 2.38. The van der Waals surface area contributed by atoms with Crippen LogP contribution in [-0.4, -0.2) is 4.57 Å². The van der Waals surface area contributed by atoms with Crippen molar-refractivity contribution < 1.29 is 4.57 Å². The van der Waals surface area contributed by atoms with Crippen molar-refractivity contribution in [3.63, 3.8) is 0 Å². The normalized spacial score (nSPS) is 11.7. The van der Waals surface area contributed by atoms with Crippen molar-refractivity contribution in [1.29, 1.82) is 0 Å². The van der Waals surface area contributed by atoms with E-state index in [1.165, 1.54) is 39.2 Å².